The summed E-state index contributed by atoms with van der Waals surface area (Å²) in [6.45, 7) is 7.81. The van der Waals surface area contributed by atoms with E-state index >= 15 is 0 Å². The Morgan fingerprint density at radius 3 is 2.47 bits per heavy atom. The van der Waals surface area contributed by atoms with Crippen LogP contribution in [0.5, 0.6) is 11.5 Å². The summed E-state index contributed by atoms with van der Waals surface area (Å²) in [7, 11) is 0. The van der Waals surface area contributed by atoms with Crippen molar-refractivity contribution in [2.45, 2.75) is 46.4 Å². The maximum absolute atomic E-state index is 13.9. The van der Waals surface area contributed by atoms with E-state index in [-0.39, 0.29) is 24.1 Å². The molecule has 0 amide bonds. The van der Waals surface area contributed by atoms with Crippen LogP contribution < -0.4 is 24.4 Å². The molecule has 0 unspecified atom stereocenters. The quantitative estimate of drug-likeness (QED) is 0.216. The number of hydrogen-bond donors (Lipinski definition) is 0. The number of ether oxygens (including phenoxy) is 3. The van der Waals surface area contributed by atoms with Crippen molar-refractivity contribution in [1.82, 2.24) is 4.57 Å². The second-order valence-corrected chi connectivity index (χ2v) is 11.6. The van der Waals surface area contributed by atoms with Gasteiger partial charge in [0.15, 0.2) is 16.3 Å². The number of benzene rings is 3. The predicted octanol–water partition coefficient (Wildman–Crippen LogP) is 5.96. The third-order valence-corrected chi connectivity index (χ3v) is 7.88. The van der Waals surface area contributed by atoms with Crippen molar-refractivity contribution < 1.29 is 23.4 Å². The smallest absolute Gasteiger partial charge is 0.338 e. The first-order valence-corrected chi connectivity index (χ1v) is 15.0. The molecule has 0 bridgehead atoms. The van der Waals surface area contributed by atoms with Gasteiger partial charge < -0.3 is 14.2 Å². The number of rotatable bonds is 9. The molecule has 1 atom stereocenters. The van der Waals surface area contributed by atoms with Crippen molar-refractivity contribution >= 4 is 35.0 Å². The zero-order valence-corrected chi connectivity index (χ0v) is 25.7. The molecule has 222 valence electrons. The number of nitrogens with zero attached hydrogens (tertiary/aromatic N) is 2. The topological polar surface area (TPSA) is 79.1 Å². The molecule has 43 heavy (non-hydrogen) atoms. The Morgan fingerprint density at radius 2 is 1.79 bits per heavy atom. The minimum absolute atomic E-state index is 0.240. The summed E-state index contributed by atoms with van der Waals surface area (Å²) < 4.78 is 32.6. The van der Waals surface area contributed by atoms with Crippen LogP contribution in [0.15, 0.2) is 87.8 Å². The minimum atomic E-state index is -0.733. The van der Waals surface area contributed by atoms with E-state index in [4.69, 9.17) is 25.8 Å². The Bertz CT molecular complexity index is 1860. The Kier molecular flexibility index (Phi) is 9.13. The van der Waals surface area contributed by atoms with Gasteiger partial charge in [-0.1, -0.05) is 53.3 Å². The van der Waals surface area contributed by atoms with Gasteiger partial charge in [0.1, 0.15) is 12.4 Å². The lowest BCUT2D eigenvalue weighted by molar-refractivity contribution is -0.143. The molecule has 0 saturated heterocycles. The van der Waals surface area contributed by atoms with Crippen LogP contribution in [0, 0.1) is 5.82 Å². The average molecular weight is 621 g/mol. The molecular weight excluding hydrogens is 591 g/mol. The number of fused-ring (bicyclic) bond motifs is 1. The summed E-state index contributed by atoms with van der Waals surface area (Å²) >= 11 is 7.38. The highest BCUT2D eigenvalue weighted by atomic mass is 35.5. The van der Waals surface area contributed by atoms with E-state index < -0.39 is 12.0 Å². The first-order valence-electron chi connectivity index (χ1n) is 13.8. The zero-order valence-electron chi connectivity index (χ0n) is 24.1. The summed E-state index contributed by atoms with van der Waals surface area (Å²) in [5, 5.41) is 0.540. The Balaban J connectivity index is 1.54. The minimum Gasteiger partial charge on any atom is -0.490 e. The molecular formula is C33H30ClFN2O5S. The fourth-order valence-corrected chi connectivity index (χ4v) is 5.89. The van der Waals surface area contributed by atoms with Crippen molar-refractivity contribution in [3.05, 3.63) is 125 Å². The molecule has 0 radical (unpaired) electrons. The number of hydrogen-bond acceptors (Lipinski definition) is 7. The lowest BCUT2D eigenvalue weighted by atomic mass is 9.96. The second-order valence-electron chi connectivity index (χ2n) is 10.1. The van der Waals surface area contributed by atoms with Crippen molar-refractivity contribution in [1.29, 1.82) is 0 Å². The van der Waals surface area contributed by atoms with Gasteiger partial charge in [0, 0.05) is 5.02 Å². The Hall–Kier alpha value is -4.21. The number of aromatic nitrogens is 1. The van der Waals surface area contributed by atoms with E-state index in [2.05, 4.69) is 4.99 Å². The third kappa shape index (κ3) is 6.73. The molecule has 0 aliphatic carbocycles. The lowest BCUT2D eigenvalue weighted by Gasteiger charge is -2.25. The number of halogens is 2. The standard InChI is InChI=1S/C33H30ClFN2O5S/c1-5-40-27-16-22(8-15-26(27)41-18-21-6-13-25(35)14-7-21)17-28-31(38)37-30(23-9-11-24(34)12-10-23)29(32(39)42-19(2)3)20(4)36-33(37)43-28/h6-17,19,30H,5,18H2,1-4H3/b28-17-/t30-/m0/s1. The van der Waals surface area contributed by atoms with Crippen LogP contribution in [0.25, 0.3) is 6.08 Å². The molecule has 3 aromatic carbocycles. The first-order chi connectivity index (χ1) is 20.6. The predicted molar refractivity (Wildman–Crippen MR) is 165 cm³/mol. The van der Waals surface area contributed by atoms with Crippen molar-refractivity contribution in [3.8, 4) is 11.5 Å². The van der Waals surface area contributed by atoms with Crippen LogP contribution in [-0.4, -0.2) is 23.2 Å². The van der Waals surface area contributed by atoms with Crippen LogP contribution in [0.2, 0.25) is 5.02 Å². The van der Waals surface area contributed by atoms with Crippen molar-refractivity contribution in [2.24, 2.45) is 4.99 Å². The normalized spacial score (nSPS) is 14.9. The molecule has 2 heterocycles. The van der Waals surface area contributed by atoms with Crippen molar-refractivity contribution in [3.63, 3.8) is 0 Å². The van der Waals surface area contributed by atoms with Gasteiger partial charge in [0.05, 0.1) is 34.6 Å². The van der Waals surface area contributed by atoms with Crippen LogP contribution >= 0.6 is 22.9 Å². The molecule has 0 spiro atoms. The number of allylic oxidation sites excluding steroid dienone is 1. The van der Waals surface area contributed by atoms with E-state index in [0.717, 1.165) is 11.1 Å². The van der Waals surface area contributed by atoms with E-state index in [1.54, 1.807) is 75.4 Å². The van der Waals surface area contributed by atoms with Crippen LogP contribution in [0.4, 0.5) is 4.39 Å². The molecule has 7 nitrogen and oxygen atoms in total. The highest BCUT2D eigenvalue weighted by Crippen LogP contribution is 2.32. The second kappa shape index (κ2) is 13.0. The number of esters is 1. The largest absolute Gasteiger partial charge is 0.490 e. The molecule has 1 aliphatic rings. The van der Waals surface area contributed by atoms with Gasteiger partial charge >= 0.3 is 5.97 Å². The molecule has 0 N–H and O–H groups in total. The van der Waals surface area contributed by atoms with Gasteiger partial charge in [0.2, 0.25) is 0 Å². The number of carbonyl (C=O) groups excluding carboxylic acids is 1. The van der Waals surface area contributed by atoms with Gasteiger partial charge in [-0.15, -0.1) is 0 Å². The molecule has 0 saturated carbocycles. The van der Waals surface area contributed by atoms with E-state index in [0.29, 0.717) is 49.3 Å². The average Bonchev–Trinajstić information content (AvgIpc) is 3.27. The van der Waals surface area contributed by atoms with Crippen LogP contribution in [-0.2, 0) is 16.1 Å². The Morgan fingerprint density at radius 1 is 1.07 bits per heavy atom. The lowest BCUT2D eigenvalue weighted by Crippen LogP contribution is -2.40. The summed E-state index contributed by atoms with van der Waals surface area (Å²) in [5.74, 6) is 0.203. The SMILES string of the molecule is CCOc1cc(/C=c2\sc3n(c2=O)[C@@H](c2ccc(Cl)cc2)C(C(=O)OC(C)C)=C(C)N=3)ccc1OCc1ccc(F)cc1. The van der Waals surface area contributed by atoms with E-state index in [1.807, 2.05) is 13.0 Å². The van der Waals surface area contributed by atoms with Gasteiger partial charge in [-0.3, -0.25) is 9.36 Å². The fraction of sp³-hybridized carbons (Fsp3) is 0.242. The maximum Gasteiger partial charge on any atom is 0.338 e. The molecule has 10 heteroatoms. The molecule has 5 rings (SSSR count). The monoisotopic (exact) mass is 620 g/mol. The third-order valence-electron chi connectivity index (χ3n) is 6.64. The van der Waals surface area contributed by atoms with Gasteiger partial charge in [-0.2, -0.15) is 0 Å². The van der Waals surface area contributed by atoms with Crippen LogP contribution in [0.1, 0.15) is 50.4 Å². The molecule has 1 aromatic heterocycles. The van der Waals surface area contributed by atoms with E-state index in [1.165, 1.54) is 28.0 Å². The zero-order chi connectivity index (χ0) is 30.7. The van der Waals surface area contributed by atoms with Crippen LogP contribution in [0.3, 0.4) is 0 Å². The number of carbonyl (C=O) groups is 1. The molecule has 0 fully saturated rings. The van der Waals surface area contributed by atoms with Gasteiger partial charge in [-0.05, 0) is 86.9 Å². The Labute approximate surface area is 257 Å². The molecule has 4 aromatic rings. The van der Waals surface area contributed by atoms with E-state index in [9.17, 15) is 14.0 Å². The summed E-state index contributed by atoms with van der Waals surface area (Å²) in [6, 6.07) is 17.8. The maximum atomic E-state index is 13.9. The highest BCUT2D eigenvalue weighted by Gasteiger charge is 2.33. The van der Waals surface area contributed by atoms with Gasteiger partial charge in [0.25, 0.3) is 5.56 Å². The fourth-order valence-electron chi connectivity index (χ4n) is 4.72. The number of thiazole rings is 1. The highest BCUT2D eigenvalue weighted by molar-refractivity contribution is 7.07. The summed E-state index contributed by atoms with van der Waals surface area (Å²) in [4.78, 5) is 32.3. The molecule has 1 aliphatic heterocycles. The summed E-state index contributed by atoms with van der Waals surface area (Å²) in [6.07, 6.45) is 1.42. The van der Waals surface area contributed by atoms with Crippen molar-refractivity contribution in [2.75, 3.05) is 6.61 Å². The van der Waals surface area contributed by atoms with Gasteiger partial charge in [-0.25, -0.2) is 14.2 Å². The summed E-state index contributed by atoms with van der Waals surface area (Å²) in [5.41, 5.74) is 2.75. The first kappa shape index (κ1) is 30.3.